The Kier molecular flexibility index (Phi) is 5.15. The van der Waals surface area contributed by atoms with Crippen molar-refractivity contribution in [2.45, 2.75) is 20.8 Å². The molecule has 0 fully saturated rings. The number of pyridine rings is 3. The summed E-state index contributed by atoms with van der Waals surface area (Å²) in [5.41, 5.74) is 6.14. The Labute approximate surface area is 210 Å². The van der Waals surface area contributed by atoms with E-state index in [0.717, 1.165) is 55.0 Å². The molecule has 0 spiro atoms. The van der Waals surface area contributed by atoms with Crippen molar-refractivity contribution in [2.75, 3.05) is 5.32 Å². The molecule has 3 N–H and O–H groups in total. The lowest BCUT2D eigenvalue weighted by atomic mass is 9.95. The van der Waals surface area contributed by atoms with Crippen LogP contribution in [0.15, 0.2) is 66.6 Å². The molecule has 178 valence electrons. The van der Waals surface area contributed by atoms with E-state index in [9.17, 15) is 4.79 Å². The molecule has 1 amide bonds. The van der Waals surface area contributed by atoms with Crippen LogP contribution in [0, 0.1) is 5.41 Å². The molecule has 0 aliphatic heterocycles. The molecule has 6 aromatic rings. The van der Waals surface area contributed by atoms with Crippen LogP contribution in [0.3, 0.4) is 0 Å². The van der Waals surface area contributed by atoms with Crippen molar-refractivity contribution >= 4 is 44.7 Å². The van der Waals surface area contributed by atoms with Gasteiger partial charge in [-0.2, -0.15) is 5.10 Å². The second-order valence-corrected chi connectivity index (χ2v) is 10.6. The quantitative estimate of drug-likeness (QED) is 0.268. The topological polar surface area (TPSA) is 112 Å². The molecule has 0 aliphatic carbocycles. The first-order valence-electron chi connectivity index (χ1n) is 11.5. The van der Waals surface area contributed by atoms with Gasteiger partial charge in [-0.3, -0.25) is 24.8 Å². The first kappa shape index (κ1) is 22.1. The number of thiophene rings is 1. The van der Waals surface area contributed by atoms with Gasteiger partial charge in [0.15, 0.2) is 0 Å². The number of fused-ring (bicyclic) bond motifs is 2. The van der Waals surface area contributed by atoms with Crippen molar-refractivity contribution in [2.24, 2.45) is 5.41 Å². The fourth-order valence-corrected chi connectivity index (χ4v) is 4.77. The SMILES string of the molecule is CC(C)(C)C(=O)Nc1cncc(-c2cc3c(-c4cc5c(-c6cccs6)nccc5[nH]4)n[nH]c3cn2)c1. The second kappa shape index (κ2) is 8.39. The normalized spacial score (nSPS) is 11.9. The molecule has 0 aromatic carbocycles. The van der Waals surface area contributed by atoms with E-state index in [1.807, 2.05) is 51.2 Å². The van der Waals surface area contributed by atoms with Crippen molar-refractivity contribution in [3.8, 4) is 33.2 Å². The van der Waals surface area contributed by atoms with Gasteiger partial charge in [0.05, 0.1) is 45.6 Å². The third-order valence-electron chi connectivity index (χ3n) is 5.98. The standard InChI is InChI=1S/C27H23N7OS/c1-27(2,3)26(35)31-16-9-15(12-28-13-16)20-10-18-22(14-30-20)33-34-24(18)21-11-17-19(32-21)6-7-29-25(17)23-5-4-8-36-23/h4-14,32H,1-3H3,(H,31,35)(H,33,34). The molecule has 6 rings (SSSR count). The number of rotatable bonds is 4. The van der Waals surface area contributed by atoms with Crippen LogP contribution in [0.4, 0.5) is 5.69 Å². The third-order valence-corrected chi connectivity index (χ3v) is 6.85. The van der Waals surface area contributed by atoms with Gasteiger partial charge in [0.2, 0.25) is 5.91 Å². The maximum atomic E-state index is 12.4. The summed E-state index contributed by atoms with van der Waals surface area (Å²) in [6.07, 6.45) is 6.96. The van der Waals surface area contributed by atoms with E-state index in [0.29, 0.717) is 5.69 Å². The summed E-state index contributed by atoms with van der Waals surface area (Å²) in [6.45, 7) is 5.62. The van der Waals surface area contributed by atoms with Crippen LogP contribution >= 0.6 is 11.3 Å². The lowest BCUT2D eigenvalue weighted by Gasteiger charge is -2.17. The molecule has 8 nitrogen and oxygen atoms in total. The zero-order valence-corrected chi connectivity index (χ0v) is 20.8. The first-order valence-corrected chi connectivity index (χ1v) is 12.4. The van der Waals surface area contributed by atoms with Crippen molar-refractivity contribution in [1.29, 1.82) is 0 Å². The monoisotopic (exact) mass is 493 g/mol. The van der Waals surface area contributed by atoms with Gasteiger partial charge in [-0.05, 0) is 35.7 Å². The summed E-state index contributed by atoms with van der Waals surface area (Å²) in [4.78, 5) is 30.6. The van der Waals surface area contributed by atoms with Crippen molar-refractivity contribution in [3.63, 3.8) is 0 Å². The number of nitrogens with one attached hydrogen (secondary N) is 3. The predicted molar refractivity (Wildman–Crippen MR) is 144 cm³/mol. The van der Waals surface area contributed by atoms with Gasteiger partial charge in [-0.25, -0.2) is 0 Å². The molecule has 0 saturated heterocycles. The number of aromatic nitrogens is 6. The lowest BCUT2D eigenvalue weighted by molar-refractivity contribution is -0.123. The van der Waals surface area contributed by atoms with Gasteiger partial charge in [-0.15, -0.1) is 11.3 Å². The summed E-state index contributed by atoms with van der Waals surface area (Å²) in [5, 5.41) is 14.6. The molecular weight excluding hydrogens is 470 g/mol. The molecule has 0 atom stereocenters. The zero-order chi connectivity index (χ0) is 24.9. The minimum Gasteiger partial charge on any atom is -0.353 e. The lowest BCUT2D eigenvalue weighted by Crippen LogP contribution is -2.27. The minimum absolute atomic E-state index is 0.0720. The molecule has 0 bridgehead atoms. The van der Waals surface area contributed by atoms with Gasteiger partial charge in [0.1, 0.15) is 5.69 Å². The Morgan fingerprint density at radius 3 is 2.64 bits per heavy atom. The highest BCUT2D eigenvalue weighted by Crippen LogP contribution is 2.35. The first-order chi connectivity index (χ1) is 17.4. The summed E-state index contributed by atoms with van der Waals surface area (Å²) in [7, 11) is 0. The number of nitrogens with zero attached hydrogens (tertiary/aromatic N) is 4. The summed E-state index contributed by atoms with van der Waals surface area (Å²) in [6, 6.07) is 12.0. The number of aromatic amines is 2. The van der Waals surface area contributed by atoms with Gasteiger partial charge >= 0.3 is 0 Å². The molecule has 9 heteroatoms. The van der Waals surface area contributed by atoms with E-state index in [2.05, 4.69) is 53.0 Å². The van der Waals surface area contributed by atoms with Crippen LogP contribution in [-0.4, -0.2) is 36.0 Å². The van der Waals surface area contributed by atoms with Crippen molar-refractivity contribution in [3.05, 3.63) is 66.6 Å². The number of carbonyl (C=O) groups is 1. The van der Waals surface area contributed by atoms with Crippen LogP contribution in [0.5, 0.6) is 0 Å². The fraction of sp³-hybridized carbons (Fsp3) is 0.148. The van der Waals surface area contributed by atoms with Crippen LogP contribution in [0.2, 0.25) is 0 Å². The third kappa shape index (κ3) is 3.93. The average Bonchev–Trinajstić information content (AvgIpc) is 3.62. The molecule has 0 saturated carbocycles. The Balaban J connectivity index is 1.40. The van der Waals surface area contributed by atoms with Crippen LogP contribution in [-0.2, 0) is 4.79 Å². The van der Waals surface area contributed by atoms with Gasteiger partial charge < -0.3 is 10.3 Å². The second-order valence-electron chi connectivity index (χ2n) is 9.63. The molecule has 0 radical (unpaired) electrons. The number of amides is 1. The number of anilines is 1. The Hall–Kier alpha value is -4.37. The van der Waals surface area contributed by atoms with E-state index in [1.54, 1.807) is 29.9 Å². The average molecular weight is 494 g/mol. The molecule has 6 aromatic heterocycles. The van der Waals surface area contributed by atoms with E-state index in [1.165, 1.54) is 0 Å². The maximum absolute atomic E-state index is 12.4. The van der Waals surface area contributed by atoms with E-state index >= 15 is 0 Å². The molecule has 36 heavy (non-hydrogen) atoms. The van der Waals surface area contributed by atoms with Gasteiger partial charge in [0.25, 0.3) is 0 Å². The Morgan fingerprint density at radius 2 is 1.83 bits per heavy atom. The van der Waals surface area contributed by atoms with Crippen molar-refractivity contribution < 1.29 is 4.79 Å². The van der Waals surface area contributed by atoms with Gasteiger partial charge in [0, 0.05) is 39.7 Å². The highest BCUT2D eigenvalue weighted by molar-refractivity contribution is 7.13. The fourth-order valence-electron chi connectivity index (χ4n) is 4.04. The number of carbonyl (C=O) groups excluding carboxylic acids is 1. The van der Waals surface area contributed by atoms with Crippen LogP contribution in [0.25, 0.3) is 55.0 Å². The largest absolute Gasteiger partial charge is 0.353 e. The minimum atomic E-state index is -0.503. The highest BCUT2D eigenvalue weighted by atomic mass is 32.1. The van der Waals surface area contributed by atoms with Crippen LogP contribution in [0.1, 0.15) is 20.8 Å². The maximum Gasteiger partial charge on any atom is 0.229 e. The van der Waals surface area contributed by atoms with E-state index < -0.39 is 5.41 Å². The van der Waals surface area contributed by atoms with E-state index in [4.69, 9.17) is 0 Å². The summed E-state index contributed by atoms with van der Waals surface area (Å²) >= 11 is 1.67. The van der Waals surface area contributed by atoms with E-state index in [-0.39, 0.29) is 5.91 Å². The Bertz CT molecular complexity index is 1720. The smallest absolute Gasteiger partial charge is 0.229 e. The van der Waals surface area contributed by atoms with Gasteiger partial charge in [-0.1, -0.05) is 26.8 Å². The predicted octanol–water partition coefficient (Wildman–Crippen LogP) is 6.28. The molecule has 0 unspecified atom stereocenters. The molecule has 6 heterocycles. The number of hydrogen-bond donors (Lipinski definition) is 3. The van der Waals surface area contributed by atoms with Crippen LogP contribution < -0.4 is 5.32 Å². The molecule has 0 aliphatic rings. The number of hydrogen-bond acceptors (Lipinski definition) is 6. The zero-order valence-electron chi connectivity index (χ0n) is 20.0. The Morgan fingerprint density at radius 1 is 0.972 bits per heavy atom. The summed E-state index contributed by atoms with van der Waals surface area (Å²) in [5.74, 6) is -0.0720. The molecular formula is C27H23N7OS. The number of H-pyrrole nitrogens is 2. The van der Waals surface area contributed by atoms with Crippen molar-refractivity contribution in [1.82, 2.24) is 30.1 Å². The highest BCUT2D eigenvalue weighted by Gasteiger charge is 2.21. The summed E-state index contributed by atoms with van der Waals surface area (Å²) < 4.78 is 0.